The number of aliphatic hydroxyl groups is 1. The van der Waals surface area contributed by atoms with Crippen LogP contribution in [0.15, 0.2) is 60.2 Å². The Kier molecular flexibility index (Phi) is 4.12. The van der Waals surface area contributed by atoms with E-state index >= 15 is 0 Å². The van der Waals surface area contributed by atoms with E-state index in [0.717, 1.165) is 16.7 Å². The molecule has 2 aromatic carbocycles. The van der Waals surface area contributed by atoms with Crippen molar-refractivity contribution in [2.75, 3.05) is 0 Å². The van der Waals surface area contributed by atoms with Gasteiger partial charge < -0.3 is 5.11 Å². The average Bonchev–Trinajstić information content (AvgIpc) is 2.46. The Balaban J connectivity index is 2.30. The van der Waals surface area contributed by atoms with Gasteiger partial charge in [0.2, 0.25) is 0 Å². The first-order valence-electron chi connectivity index (χ1n) is 6.12. The molecule has 0 aliphatic rings. The zero-order valence-electron chi connectivity index (χ0n) is 10.7. The normalized spacial score (nSPS) is 12.8. The highest BCUT2D eigenvalue weighted by atomic mass is 16.3. The van der Waals surface area contributed by atoms with Crippen molar-refractivity contribution in [3.8, 4) is 6.07 Å². The van der Waals surface area contributed by atoms with Gasteiger partial charge >= 0.3 is 0 Å². The van der Waals surface area contributed by atoms with Crippen molar-refractivity contribution in [2.24, 2.45) is 0 Å². The Bertz CT molecular complexity index is 606. The standard InChI is InChI=1S/C17H15NO/c1-13-7-9-15(10-8-13)17(19)16(12-18)11-14-5-3-2-4-6-14/h2-11,17,19H,1H3/b16-11-. The van der Waals surface area contributed by atoms with Gasteiger partial charge in [-0.1, -0.05) is 60.2 Å². The molecule has 0 bridgehead atoms. The number of nitriles is 1. The number of hydrogen-bond acceptors (Lipinski definition) is 2. The maximum atomic E-state index is 10.2. The molecule has 0 amide bonds. The van der Waals surface area contributed by atoms with E-state index in [9.17, 15) is 10.4 Å². The number of aryl methyl sites for hydroxylation is 1. The number of aliphatic hydroxyl groups excluding tert-OH is 1. The molecule has 19 heavy (non-hydrogen) atoms. The summed E-state index contributed by atoms with van der Waals surface area (Å²) in [4.78, 5) is 0. The second kappa shape index (κ2) is 5.99. The molecule has 0 saturated heterocycles. The van der Waals surface area contributed by atoms with Crippen molar-refractivity contribution < 1.29 is 5.11 Å². The SMILES string of the molecule is Cc1ccc(C(O)/C(C#N)=C\c2ccccc2)cc1. The smallest absolute Gasteiger partial charge is 0.114 e. The van der Waals surface area contributed by atoms with Gasteiger partial charge in [0.1, 0.15) is 6.10 Å². The largest absolute Gasteiger partial charge is 0.383 e. The molecule has 0 heterocycles. The van der Waals surface area contributed by atoms with E-state index in [0.29, 0.717) is 5.57 Å². The summed E-state index contributed by atoms with van der Waals surface area (Å²) in [6.45, 7) is 1.99. The van der Waals surface area contributed by atoms with E-state index in [1.54, 1.807) is 6.08 Å². The molecule has 1 atom stereocenters. The second-order valence-electron chi connectivity index (χ2n) is 4.44. The highest BCUT2D eigenvalue weighted by Crippen LogP contribution is 2.23. The molecular formula is C17H15NO. The van der Waals surface area contributed by atoms with Crippen LogP contribution in [-0.4, -0.2) is 5.11 Å². The molecule has 1 unspecified atom stereocenters. The minimum Gasteiger partial charge on any atom is -0.383 e. The predicted molar refractivity (Wildman–Crippen MR) is 76.2 cm³/mol. The molecule has 0 spiro atoms. The van der Waals surface area contributed by atoms with Crippen LogP contribution in [0.1, 0.15) is 22.8 Å². The highest BCUT2D eigenvalue weighted by molar-refractivity contribution is 5.59. The molecule has 0 aliphatic heterocycles. The lowest BCUT2D eigenvalue weighted by Crippen LogP contribution is -2.00. The van der Waals surface area contributed by atoms with Gasteiger partial charge in [0.25, 0.3) is 0 Å². The van der Waals surface area contributed by atoms with Gasteiger partial charge in [-0.2, -0.15) is 5.26 Å². The van der Waals surface area contributed by atoms with E-state index in [1.807, 2.05) is 61.5 Å². The zero-order valence-corrected chi connectivity index (χ0v) is 10.7. The lowest BCUT2D eigenvalue weighted by atomic mass is 9.99. The lowest BCUT2D eigenvalue weighted by Gasteiger charge is -2.10. The third-order valence-electron chi connectivity index (χ3n) is 2.94. The molecule has 0 saturated carbocycles. The summed E-state index contributed by atoms with van der Waals surface area (Å²) in [6, 6.07) is 19.1. The first-order chi connectivity index (χ1) is 9.20. The summed E-state index contributed by atoms with van der Waals surface area (Å²) in [5.74, 6) is 0. The molecule has 2 heteroatoms. The molecular weight excluding hydrogens is 234 g/mol. The number of rotatable bonds is 3. The number of nitrogens with zero attached hydrogens (tertiary/aromatic N) is 1. The minimum atomic E-state index is -0.884. The van der Waals surface area contributed by atoms with Crippen LogP contribution in [0.5, 0.6) is 0 Å². The summed E-state index contributed by atoms with van der Waals surface area (Å²) >= 11 is 0. The van der Waals surface area contributed by atoms with Crippen LogP contribution in [0.25, 0.3) is 6.08 Å². The van der Waals surface area contributed by atoms with Gasteiger partial charge in [0, 0.05) is 0 Å². The fraction of sp³-hybridized carbons (Fsp3) is 0.118. The Labute approximate surface area is 113 Å². The lowest BCUT2D eigenvalue weighted by molar-refractivity contribution is 0.221. The van der Waals surface area contributed by atoms with Crippen molar-refractivity contribution in [1.29, 1.82) is 5.26 Å². The molecule has 0 fully saturated rings. The summed E-state index contributed by atoms with van der Waals surface area (Å²) in [5.41, 5.74) is 3.11. The van der Waals surface area contributed by atoms with Crippen LogP contribution >= 0.6 is 0 Å². The van der Waals surface area contributed by atoms with E-state index in [1.165, 1.54) is 0 Å². The topological polar surface area (TPSA) is 44.0 Å². The third kappa shape index (κ3) is 3.31. The van der Waals surface area contributed by atoms with Gasteiger partial charge in [0.15, 0.2) is 0 Å². The fourth-order valence-corrected chi connectivity index (χ4v) is 1.83. The molecule has 0 aliphatic carbocycles. The van der Waals surface area contributed by atoms with E-state index in [2.05, 4.69) is 6.07 Å². The van der Waals surface area contributed by atoms with Gasteiger partial charge in [-0.3, -0.25) is 0 Å². The number of hydrogen-bond donors (Lipinski definition) is 1. The van der Waals surface area contributed by atoms with E-state index in [4.69, 9.17) is 0 Å². The first-order valence-corrected chi connectivity index (χ1v) is 6.12. The first kappa shape index (κ1) is 13.1. The van der Waals surface area contributed by atoms with Gasteiger partial charge in [-0.05, 0) is 24.1 Å². The summed E-state index contributed by atoms with van der Waals surface area (Å²) < 4.78 is 0. The maximum absolute atomic E-state index is 10.2. The predicted octanol–water partition coefficient (Wildman–Crippen LogP) is 3.64. The van der Waals surface area contributed by atoms with Crippen LogP contribution < -0.4 is 0 Å². The van der Waals surface area contributed by atoms with Crippen molar-refractivity contribution in [3.63, 3.8) is 0 Å². The Morgan fingerprint density at radius 3 is 2.32 bits per heavy atom. The van der Waals surface area contributed by atoms with Gasteiger partial charge in [-0.15, -0.1) is 0 Å². The van der Waals surface area contributed by atoms with Crippen LogP contribution in [0.4, 0.5) is 0 Å². The van der Waals surface area contributed by atoms with E-state index < -0.39 is 6.10 Å². The van der Waals surface area contributed by atoms with Crippen LogP contribution in [0.3, 0.4) is 0 Å². The molecule has 2 aromatic rings. The quantitative estimate of drug-likeness (QED) is 0.844. The summed E-state index contributed by atoms with van der Waals surface area (Å²) in [7, 11) is 0. The highest BCUT2D eigenvalue weighted by Gasteiger charge is 2.12. The Morgan fingerprint density at radius 1 is 1.11 bits per heavy atom. The van der Waals surface area contributed by atoms with Crippen molar-refractivity contribution >= 4 is 6.08 Å². The molecule has 2 nitrogen and oxygen atoms in total. The Morgan fingerprint density at radius 2 is 1.74 bits per heavy atom. The monoisotopic (exact) mass is 249 g/mol. The van der Waals surface area contributed by atoms with Crippen LogP contribution in [0, 0.1) is 18.3 Å². The summed E-state index contributed by atoms with van der Waals surface area (Å²) in [5, 5.41) is 19.4. The van der Waals surface area contributed by atoms with Gasteiger partial charge in [-0.25, -0.2) is 0 Å². The molecule has 94 valence electrons. The van der Waals surface area contributed by atoms with Gasteiger partial charge in [0.05, 0.1) is 11.6 Å². The minimum absolute atomic E-state index is 0.343. The second-order valence-corrected chi connectivity index (χ2v) is 4.44. The van der Waals surface area contributed by atoms with E-state index in [-0.39, 0.29) is 0 Å². The molecule has 0 radical (unpaired) electrons. The fourth-order valence-electron chi connectivity index (χ4n) is 1.83. The molecule has 0 aromatic heterocycles. The van der Waals surface area contributed by atoms with Crippen molar-refractivity contribution in [2.45, 2.75) is 13.0 Å². The molecule has 2 rings (SSSR count). The number of benzene rings is 2. The zero-order chi connectivity index (χ0) is 13.7. The van der Waals surface area contributed by atoms with Crippen molar-refractivity contribution in [3.05, 3.63) is 76.9 Å². The summed E-state index contributed by atoms with van der Waals surface area (Å²) in [6.07, 6.45) is 0.829. The van der Waals surface area contributed by atoms with Crippen LogP contribution in [-0.2, 0) is 0 Å². The molecule has 1 N–H and O–H groups in total. The maximum Gasteiger partial charge on any atom is 0.114 e. The van der Waals surface area contributed by atoms with Crippen molar-refractivity contribution in [1.82, 2.24) is 0 Å². The Hall–Kier alpha value is -2.37. The average molecular weight is 249 g/mol. The third-order valence-corrected chi connectivity index (χ3v) is 2.94. The van der Waals surface area contributed by atoms with Crippen LogP contribution in [0.2, 0.25) is 0 Å².